The van der Waals surface area contributed by atoms with Gasteiger partial charge < -0.3 is 19.6 Å². The molecule has 3 rings (SSSR count). The Labute approximate surface area is 183 Å². The minimum absolute atomic E-state index is 0.0199. The molecule has 1 saturated heterocycles. The number of nitrogens with zero attached hydrogens (tertiary/aromatic N) is 3. The number of amides is 1. The van der Waals surface area contributed by atoms with Crippen molar-refractivity contribution in [2.75, 3.05) is 27.2 Å². The van der Waals surface area contributed by atoms with Crippen LogP contribution in [0.1, 0.15) is 36.6 Å². The van der Waals surface area contributed by atoms with E-state index in [9.17, 15) is 14.7 Å². The highest BCUT2D eigenvalue weighted by Crippen LogP contribution is 2.39. The van der Waals surface area contributed by atoms with Crippen molar-refractivity contribution >= 4 is 17.4 Å². The van der Waals surface area contributed by atoms with E-state index in [0.717, 1.165) is 5.56 Å². The van der Waals surface area contributed by atoms with Gasteiger partial charge in [0.15, 0.2) is 0 Å². The van der Waals surface area contributed by atoms with Crippen LogP contribution in [0.25, 0.3) is 5.76 Å². The zero-order valence-electron chi connectivity index (χ0n) is 18.6. The molecule has 1 atom stereocenters. The molecule has 1 aliphatic heterocycles. The zero-order chi connectivity index (χ0) is 22.7. The number of hydrogen-bond acceptors (Lipinski definition) is 6. The summed E-state index contributed by atoms with van der Waals surface area (Å²) in [7, 11) is 3.81. The van der Waals surface area contributed by atoms with E-state index in [2.05, 4.69) is 4.98 Å². The number of pyridine rings is 1. The van der Waals surface area contributed by atoms with E-state index >= 15 is 0 Å². The van der Waals surface area contributed by atoms with E-state index in [1.807, 2.05) is 51.9 Å². The molecule has 7 heteroatoms. The smallest absolute Gasteiger partial charge is 0.295 e. The van der Waals surface area contributed by atoms with E-state index in [1.165, 1.54) is 4.90 Å². The van der Waals surface area contributed by atoms with Crippen molar-refractivity contribution < 1.29 is 19.4 Å². The maximum Gasteiger partial charge on any atom is 0.295 e. The Bertz CT molecular complexity index is 999. The number of aliphatic hydroxyl groups is 1. The summed E-state index contributed by atoms with van der Waals surface area (Å²) in [6, 6.07) is 8.16. The fraction of sp³-hybridized carbons (Fsp3) is 0.375. The summed E-state index contributed by atoms with van der Waals surface area (Å²) < 4.78 is 5.72. The van der Waals surface area contributed by atoms with Crippen molar-refractivity contribution in [2.24, 2.45) is 0 Å². The quantitative estimate of drug-likeness (QED) is 0.418. The van der Waals surface area contributed by atoms with Crippen LogP contribution >= 0.6 is 0 Å². The van der Waals surface area contributed by atoms with Gasteiger partial charge in [0.05, 0.1) is 17.7 Å². The Hall–Kier alpha value is -3.19. The first-order valence-corrected chi connectivity index (χ1v) is 10.3. The third-order valence-electron chi connectivity index (χ3n) is 5.15. The Morgan fingerprint density at radius 2 is 2.00 bits per heavy atom. The third kappa shape index (κ3) is 4.77. The van der Waals surface area contributed by atoms with Crippen LogP contribution in [0, 0.1) is 6.92 Å². The summed E-state index contributed by atoms with van der Waals surface area (Å²) in [6.45, 7) is 6.65. The molecule has 1 N–H and O–H groups in total. The van der Waals surface area contributed by atoms with E-state index in [-0.39, 0.29) is 17.4 Å². The van der Waals surface area contributed by atoms with Gasteiger partial charge in [0.2, 0.25) is 0 Å². The Balaban J connectivity index is 2.10. The summed E-state index contributed by atoms with van der Waals surface area (Å²) in [5.41, 5.74) is 2.01. The van der Waals surface area contributed by atoms with Gasteiger partial charge >= 0.3 is 0 Å². The standard InChI is InChI=1S/C24H29N3O4/c1-15(2)31-18-8-9-19(16(3)13-18)22(28)20-21(17-7-6-10-25-14-17)27(12-11-26(4)5)24(30)23(20)29/h6-10,13-15,21,28H,11-12H2,1-5H3/t21-/m1/s1. The van der Waals surface area contributed by atoms with Gasteiger partial charge in [0.1, 0.15) is 11.5 Å². The van der Waals surface area contributed by atoms with Crippen LogP contribution in [-0.2, 0) is 9.59 Å². The van der Waals surface area contributed by atoms with E-state index in [4.69, 9.17) is 4.74 Å². The van der Waals surface area contributed by atoms with Crippen LogP contribution in [-0.4, -0.2) is 64.9 Å². The first-order valence-electron chi connectivity index (χ1n) is 10.3. The van der Waals surface area contributed by atoms with Gasteiger partial charge in [0, 0.05) is 31.0 Å². The topological polar surface area (TPSA) is 83.0 Å². The normalized spacial score (nSPS) is 18.3. The van der Waals surface area contributed by atoms with Gasteiger partial charge in [0.25, 0.3) is 11.7 Å². The number of hydrogen-bond donors (Lipinski definition) is 1. The minimum Gasteiger partial charge on any atom is -0.507 e. The molecule has 2 aromatic rings. The van der Waals surface area contributed by atoms with Gasteiger partial charge in [-0.2, -0.15) is 0 Å². The number of likely N-dealkylation sites (tertiary alicyclic amines) is 1. The zero-order valence-corrected chi connectivity index (χ0v) is 18.6. The molecule has 0 spiro atoms. The second-order valence-corrected chi connectivity index (χ2v) is 8.23. The van der Waals surface area contributed by atoms with E-state index in [0.29, 0.717) is 30.0 Å². The summed E-state index contributed by atoms with van der Waals surface area (Å²) in [5.74, 6) is -0.811. The molecular formula is C24H29N3O4. The largest absolute Gasteiger partial charge is 0.507 e. The lowest BCUT2D eigenvalue weighted by Crippen LogP contribution is -2.35. The van der Waals surface area contributed by atoms with Crippen LogP contribution in [0.2, 0.25) is 0 Å². The third-order valence-corrected chi connectivity index (χ3v) is 5.15. The lowest BCUT2D eigenvalue weighted by atomic mass is 9.94. The molecule has 0 unspecified atom stereocenters. The van der Waals surface area contributed by atoms with E-state index < -0.39 is 17.7 Å². The lowest BCUT2D eigenvalue weighted by Gasteiger charge is -2.26. The van der Waals surface area contributed by atoms with Crippen molar-refractivity contribution in [3.8, 4) is 5.75 Å². The molecule has 1 fully saturated rings. The van der Waals surface area contributed by atoms with Crippen molar-refractivity contribution in [3.63, 3.8) is 0 Å². The Kier molecular flexibility index (Phi) is 6.75. The average Bonchev–Trinajstić information content (AvgIpc) is 2.96. The summed E-state index contributed by atoms with van der Waals surface area (Å²) >= 11 is 0. The number of aromatic nitrogens is 1. The number of ether oxygens (including phenoxy) is 1. The molecular weight excluding hydrogens is 394 g/mol. The van der Waals surface area contributed by atoms with Crippen LogP contribution in [0.5, 0.6) is 5.75 Å². The number of benzene rings is 1. The number of aliphatic hydroxyl groups excluding tert-OH is 1. The SMILES string of the molecule is Cc1cc(OC(C)C)ccc1C(O)=C1C(=O)C(=O)N(CCN(C)C)[C@@H]1c1cccnc1. The predicted octanol–water partition coefficient (Wildman–Crippen LogP) is 3.16. The van der Waals surface area contributed by atoms with Gasteiger partial charge in [-0.3, -0.25) is 14.6 Å². The molecule has 164 valence electrons. The van der Waals surface area contributed by atoms with Crippen molar-refractivity contribution in [1.82, 2.24) is 14.8 Å². The number of Topliss-reactive ketones (excluding diaryl/α,β-unsaturated/α-hetero) is 1. The highest BCUT2D eigenvalue weighted by atomic mass is 16.5. The molecule has 2 heterocycles. The fourth-order valence-electron chi connectivity index (χ4n) is 3.70. The molecule has 31 heavy (non-hydrogen) atoms. The maximum absolute atomic E-state index is 13.0. The Morgan fingerprint density at radius 3 is 2.58 bits per heavy atom. The number of ketones is 1. The molecule has 1 aliphatic rings. The first-order chi connectivity index (χ1) is 14.7. The number of carbonyl (C=O) groups is 2. The van der Waals surface area contributed by atoms with Crippen molar-refractivity contribution in [2.45, 2.75) is 32.9 Å². The van der Waals surface area contributed by atoms with Crippen molar-refractivity contribution in [1.29, 1.82) is 0 Å². The number of aryl methyl sites for hydroxylation is 1. The number of carbonyl (C=O) groups excluding carboxylic acids is 2. The molecule has 1 amide bonds. The van der Waals surface area contributed by atoms with Crippen LogP contribution in [0.4, 0.5) is 0 Å². The van der Waals surface area contributed by atoms with Crippen LogP contribution in [0.3, 0.4) is 0 Å². The monoisotopic (exact) mass is 423 g/mol. The average molecular weight is 424 g/mol. The van der Waals surface area contributed by atoms with Gasteiger partial charge in [-0.1, -0.05) is 6.07 Å². The fourth-order valence-corrected chi connectivity index (χ4v) is 3.70. The number of likely N-dealkylation sites (N-methyl/N-ethyl adjacent to an activating group) is 1. The highest BCUT2D eigenvalue weighted by Gasteiger charge is 2.46. The van der Waals surface area contributed by atoms with Gasteiger partial charge in [-0.05, 0) is 70.3 Å². The minimum atomic E-state index is -0.695. The van der Waals surface area contributed by atoms with Crippen LogP contribution in [0.15, 0.2) is 48.3 Å². The molecule has 0 saturated carbocycles. The van der Waals surface area contributed by atoms with Crippen LogP contribution < -0.4 is 4.74 Å². The summed E-state index contributed by atoms with van der Waals surface area (Å²) in [4.78, 5) is 33.5. The summed E-state index contributed by atoms with van der Waals surface area (Å²) in [5, 5.41) is 11.2. The van der Waals surface area contributed by atoms with Crippen molar-refractivity contribution in [3.05, 3.63) is 65.0 Å². The molecule has 7 nitrogen and oxygen atoms in total. The molecule has 1 aromatic heterocycles. The number of rotatable bonds is 7. The molecule has 0 bridgehead atoms. The second kappa shape index (κ2) is 9.31. The second-order valence-electron chi connectivity index (χ2n) is 8.23. The molecule has 1 aromatic carbocycles. The first kappa shape index (κ1) is 22.5. The molecule has 0 radical (unpaired) electrons. The predicted molar refractivity (Wildman–Crippen MR) is 119 cm³/mol. The summed E-state index contributed by atoms with van der Waals surface area (Å²) in [6.07, 6.45) is 3.28. The lowest BCUT2D eigenvalue weighted by molar-refractivity contribution is -0.140. The van der Waals surface area contributed by atoms with Gasteiger partial charge in [-0.15, -0.1) is 0 Å². The van der Waals surface area contributed by atoms with E-state index in [1.54, 1.807) is 30.6 Å². The Morgan fingerprint density at radius 1 is 1.26 bits per heavy atom. The highest BCUT2D eigenvalue weighted by molar-refractivity contribution is 6.46. The maximum atomic E-state index is 13.0. The molecule has 0 aliphatic carbocycles. The van der Waals surface area contributed by atoms with Gasteiger partial charge in [-0.25, -0.2) is 0 Å².